The Bertz CT molecular complexity index is 1220. The van der Waals surface area contributed by atoms with Crippen molar-refractivity contribution < 1.29 is 27.1 Å². The fraction of sp³-hybridized carbons (Fsp3) is 0.320. The lowest BCUT2D eigenvalue weighted by Gasteiger charge is -2.24. The second kappa shape index (κ2) is 10.8. The number of benzene rings is 2. The molecule has 0 radical (unpaired) electrons. The standard InChI is InChI=1S/C25H28N2O6S/c1-31-23-16-20(10-11-21(23)32-18-19-8-4-2-5-9-19)17-26-25(28)22-12-13-24(33-22)34(29,30)27-14-6-3-7-15-27/h2,4-5,8-13,16H,3,6-7,14-15,17-18H2,1H3,(H,26,28). The van der Waals surface area contributed by atoms with Crippen LogP contribution in [0.1, 0.15) is 40.9 Å². The van der Waals surface area contributed by atoms with Gasteiger partial charge in [0, 0.05) is 19.6 Å². The minimum Gasteiger partial charge on any atom is -0.493 e. The molecule has 1 aliphatic heterocycles. The third-order valence-corrected chi connectivity index (χ3v) is 7.41. The first-order valence-corrected chi connectivity index (χ1v) is 12.6. The van der Waals surface area contributed by atoms with Crippen LogP contribution in [0.15, 0.2) is 70.2 Å². The highest BCUT2D eigenvalue weighted by Crippen LogP contribution is 2.29. The zero-order valence-electron chi connectivity index (χ0n) is 19.0. The van der Waals surface area contributed by atoms with E-state index >= 15 is 0 Å². The van der Waals surface area contributed by atoms with Gasteiger partial charge in [-0.25, -0.2) is 8.42 Å². The van der Waals surface area contributed by atoms with Gasteiger partial charge in [0.1, 0.15) is 6.61 Å². The molecule has 1 saturated heterocycles. The molecule has 2 heterocycles. The number of methoxy groups -OCH3 is 1. The van der Waals surface area contributed by atoms with Crippen molar-refractivity contribution in [1.29, 1.82) is 0 Å². The number of carbonyl (C=O) groups is 1. The van der Waals surface area contributed by atoms with Crippen LogP contribution >= 0.6 is 0 Å². The Morgan fingerprint density at radius 3 is 2.47 bits per heavy atom. The Kier molecular flexibility index (Phi) is 7.54. The van der Waals surface area contributed by atoms with E-state index in [1.165, 1.54) is 16.4 Å². The summed E-state index contributed by atoms with van der Waals surface area (Å²) in [7, 11) is -2.17. The third-order valence-electron chi connectivity index (χ3n) is 5.63. The molecule has 0 atom stereocenters. The first kappa shape index (κ1) is 23.8. The van der Waals surface area contributed by atoms with Crippen LogP contribution in [0.3, 0.4) is 0 Å². The van der Waals surface area contributed by atoms with Gasteiger partial charge < -0.3 is 19.2 Å². The molecule has 0 aliphatic carbocycles. The van der Waals surface area contributed by atoms with Crippen LogP contribution in [0, 0.1) is 0 Å². The van der Waals surface area contributed by atoms with Crippen LogP contribution in [0.5, 0.6) is 11.5 Å². The van der Waals surface area contributed by atoms with Gasteiger partial charge in [-0.2, -0.15) is 4.31 Å². The number of nitrogens with zero attached hydrogens (tertiary/aromatic N) is 1. The van der Waals surface area contributed by atoms with E-state index in [2.05, 4.69) is 5.32 Å². The maximum atomic E-state index is 12.7. The van der Waals surface area contributed by atoms with E-state index in [9.17, 15) is 13.2 Å². The fourth-order valence-corrected chi connectivity index (χ4v) is 5.19. The molecule has 180 valence electrons. The van der Waals surface area contributed by atoms with Crippen molar-refractivity contribution >= 4 is 15.9 Å². The second-order valence-corrected chi connectivity index (χ2v) is 9.89. The summed E-state index contributed by atoms with van der Waals surface area (Å²) in [4.78, 5) is 12.5. The van der Waals surface area contributed by atoms with Gasteiger partial charge in [-0.05, 0) is 48.2 Å². The van der Waals surface area contributed by atoms with Crippen molar-refractivity contribution in [2.75, 3.05) is 20.2 Å². The lowest BCUT2D eigenvalue weighted by Crippen LogP contribution is -2.35. The van der Waals surface area contributed by atoms with E-state index in [4.69, 9.17) is 13.9 Å². The Morgan fingerprint density at radius 2 is 1.74 bits per heavy atom. The molecule has 34 heavy (non-hydrogen) atoms. The van der Waals surface area contributed by atoms with Crippen molar-refractivity contribution in [2.24, 2.45) is 0 Å². The number of rotatable bonds is 9. The Hall–Kier alpha value is -3.30. The summed E-state index contributed by atoms with van der Waals surface area (Å²) in [5.74, 6) is 0.601. The SMILES string of the molecule is COc1cc(CNC(=O)c2ccc(S(=O)(=O)N3CCCCC3)o2)ccc1OCc1ccccc1. The molecule has 1 amide bonds. The normalized spacial score (nSPS) is 14.5. The summed E-state index contributed by atoms with van der Waals surface area (Å²) < 4.78 is 43.6. The number of carbonyl (C=O) groups excluding carboxylic acids is 1. The summed E-state index contributed by atoms with van der Waals surface area (Å²) in [6.07, 6.45) is 2.67. The third kappa shape index (κ3) is 5.60. The molecule has 9 heteroatoms. The highest BCUT2D eigenvalue weighted by Gasteiger charge is 2.29. The Morgan fingerprint density at radius 1 is 0.971 bits per heavy atom. The predicted molar refractivity (Wildman–Crippen MR) is 126 cm³/mol. The van der Waals surface area contributed by atoms with Crippen LogP contribution in [0.2, 0.25) is 0 Å². The molecular formula is C25H28N2O6S. The molecule has 0 bridgehead atoms. The maximum Gasteiger partial charge on any atom is 0.287 e. The fourth-order valence-electron chi connectivity index (χ4n) is 3.76. The number of hydrogen-bond donors (Lipinski definition) is 1. The summed E-state index contributed by atoms with van der Waals surface area (Å²) >= 11 is 0. The number of ether oxygens (including phenoxy) is 2. The number of hydrogen-bond acceptors (Lipinski definition) is 6. The Labute approximate surface area is 199 Å². The largest absolute Gasteiger partial charge is 0.493 e. The van der Waals surface area contributed by atoms with Gasteiger partial charge >= 0.3 is 0 Å². The number of sulfonamides is 1. The van der Waals surface area contributed by atoms with Crippen molar-refractivity contribution in [1.82, 2.24) is 9.62 Å². The lowest BCUT2D eigenvalue weighted by atomic mass is 10.2. The predicted octanol–water partition coefficient (Wildman–Crippen LogP) is 3.97. The van der Waals surface area contributed by atoms with E-state index in [-0.39, 0.29) is 17.4 Å². The van der Waals surface area contributed by atoms with E-state index in [1.807, 2.05) is 36.4 Å². The average Bonchev–Trinajstić information content (AvgIpc) is 3.39. The van der Waals surface area contributed by atoms with E-state index in [0.29, 0.717) is 31.2 Å². The van der Waals surface area contributed by atoms with Gasteiger partial charge in [-0.1, -0.05) is 42.8 Å². The first-order chi connectivity index (χ1) is 16.5. The zero-order valence-corrected chi connectivity index (χ0v) is 19.8. The summed E-state index contributed by atoms with van der Waals surface area (Å²) in [6, 6.07) is 17.9. The highest BCUT2D eigenvalue weighted by molar-refractivity contribution is 7.89. The molecule has 4 rings (SSSR count). The second-order valence-electron chi connectivity index (χ2n) is 8.03. The molecule has 3 aromatic rings. The van der Waals surface area contributed by atoms with Gasteiger partial charge in [0.25, 0.3) is 15.9 Å². The monoisotopic (exact) mass is 484 g/mol. The van der Waals surface area contributed by atoms with Crippen LogP contribution in [-0.2, 0) is 23.2 Å². The summed E-state index contributed by atoms with van der Waals surface area (Å²) in [6.45, 7) is 1.56. The summed E-state index contributed by atoms with van der Waals surface area (Å²) in [5, 5.41) is 2.54. The quantitative estimate of drug-likeness (QED) is 0.494. The molecule has 1 N–H and O–H groups in total. The first-order valence-electron chi connectivity index (χ1n) is 11.2. The number of furan rings is 1. The average molecular weight is 485 g/mol. The Balaban J connectivity index is 1.36. The van der Waals surface area contributed by atoms with Crippen molar-refractivity contribution in [3.8, 4) is 11.5 Å². The van der Waals surface area contributed by atoms with Crippen LogP contribution in [0.25, 0.3) is 0 Å². The van der Waals surface area contributed by atoms with Gasteiger partial charge in [0.2, 0.25) is 5.09 Å². The molecule has 2 aromatic carbocycles. The molecular weight excluding hydrogens is 456 g/mol. The summed E-state index contributed by atoms with van der Waals surface area (Å²) in [5.41, 5.74) is 1.84. The van der Waals surface area contributed by atoms with Crippen LogP contribution < -0.4 is 14.8 Å². The lowest BCUT2D eigenvalue weighted by molar-refractivity contribution is 0.0917. The van der Waals surface area contributed by atoms with Crippen molar-refractivity contribution in [2.45, 2.75) is 37.5 Å². The minimum absolute atomic E-state index is 0.0506. The highest BCUT2D eigenvalue weighted by atomic mass is 32.2. The number of amides is 1. The smallest absolute Gasteiger partial charge is 0.287 e. The van der Waals surface area contributed by atoms with E-state index in [0.717, 1.165) is 30.4 Å². The molecule has 1 aliphatic rings. The van der Waals surface area contributed by atoms with Crippen LogP contribution in [-0.4, -0.2) is 38.8 Å². The van der Waals surface area contributed by atoms with E-state index < -0.39 is 15.9 Å². The molecule has 8 nitrogen and oxygen atoms in total. The molecule has 0 spiro atoms. The zero-order chi connectivity index (χ0) is 24.0. The number of piperidine rings is 1. The van der Waals surface area contributed by atoms with Gasteiger partial charge in [-0.3, -0.25) is 4.79 Å². The maximum absolute atomic E-state index is 12.7. The van der Waals surface area contributed by atoms with Crippen LogP contribution in [0.4, 0.5) is 0 Å². The van der Waals surface area contributed by atoms with Gasteiger partial charge in [0.15, 0.2) is 17.3 Å². The van der Waals surface area contributed by atoms with E-state index in [1.54, 1.807) is 19.2 Å². The molecule has 0 unspecified atom stereocenters. The van der Waals surface area contributed by atoms with Gasteiger partial charge in [-0.15, -0.1) is 0 Å². The number of nitrogens with one attached hydrogen (secondary N) is 1. The molecule has 0 saturated carbocycles. The van der Waals surface area contributed by atoms with Crippen molar-refractivity contribution in [3.05, 3.63) is 77.6 Å². The van der Waals surface area contributed by atoms with Gasteiger partial charge in [0.05, 0.1) is 7.11 Å². The molecule has 1 aromatic heterocycles. The molecule has 1 fully saturated rings. The topological polar surface area (TPSA) is 98.1 Å². The van der Waals surface area contributed by atoms with Crippen molar-refractivity contribution in [3.63, 3.8) is 0 Å². The minimum atomic E-state index is -3.73.